The Kier molecular flexibility index (Phi) is 5.97. The standard InChI is InChI=1S/C21H26FN3O4S2/c1-17-8-9-18(25-10-4-5-15-30(25,26)27)16-21(17)31(28,29)24-13-11-23(12-14-24)20-7-3-2-6-19(20)22/h2-3,6-9,16H,4-5,10-15H2,1H3. The first-order valence-corrected chi connectivity index (χ1v) is 13.4. The van der Waals surface area contributed by atoms with Gasteiger partial charge in [-0.15, -0.1) is 0 Å². The van der Waals surface area contributed by atoms with Crippen molar-refractivity contribution in [3.05, 3.63) is 53.8 Å². The summed E-state index contributed by atoms with van der Waals surface area (Å²) in [6.45, 7) is 3.26. The Balaban J connectivity index is 1.57. The maximum absolute atomic E-state index is 14.1. The third-order valence-electron chi connectivity index (χ3n) is 5.86. The maximum Gasteiger partial charge on any atom is 0.243 e. The fourth-order valence-electron chi connectivity index (χ4n) is 4.12. The van der Waals surface area contributed by atoms with Gasteiger partial charge in [0.15, 0.2) is 0 Å². The average Bonchev–Trinajstić information content (AvgIpc) is 2.74. The molecule has 2 heterocycles. The van der Waals surface area contributed by atoms with Crippen molar-refractivity contribution in [2.45, 2.75) is 24.7 Å². The lowest BCUT2D eigenvalue weighted by atomic mass is 10.2. The molecular weight excluding hydrogens is 441 g/mol. The third-order valence-corrected chi connectivity index (χ3v) is 9.77. The molecule has 2 aromatic carbocycles. The van der Waals surface area contributed by atoms with Crippen LogP contribution in [0.4, 0.5) is 15.8 Å². The molecule has 0 unspecified atom stereocenters. The van der Waals surface area contributed by atoms with Gasteiger partial charge in [-0.25, -0.2) is 21.2 Å². The molecule has 0 aromatic heterocycles. The van der Waals surface area contributed by atoms with Crippen molar-refractivity contribution in [2.24, 2.45) is 0 Å². The van der Waals surface area contributed by atoms with Gasteiger partial charge < -0.3 is 4.90 Å². The van der Waals surface area contributed by atoms with Gasteiger partial charge in [-0.2, -0.15) is 4.31 Å². The number of sulfonamides is 2. The smallest absolute Gasteiger partial charge is 0.243 e. The van der Waals surface area contributed by atoms with Crippen molar-refractivity contribution in [1.82, 2.24) is 4.31 Å². The van der Waals surface area contributed by atoms with Crippen LogP contribution in [0.5, 0.6) is 0 Å². The van der Waals surface area contributed by atoms with E-state index in [0.717, 1.165) is 6.42 Å². The Labute approximate surface area is 183 Å². The lowest BCUT2D eigenvalue weighted by Crippen LogP contribution is -2.49. The number of piperazine rings is 1. The van der Waals surface area contributed by atoms with E-state index < -0.39 is 20.0 Å². The van der Waals surface area contributed by atoms with Gasteiger partial charge in [0.05, 0.1) is 22.0 Å². The molecular formula is C21H26FN3O4S2. The number of hydrogen-bond acceptors (Lipinski definition) is 5. The van der Waals surface area contributed by atoms with E-state index in [1.807, 2.05) is 4.90 Å². The van der Waals surface area contributed by atoms with Gasteiger partial charge in [0.1, 0.15) is 5.82 Å². The summed E-state index contributed by atoms with van der Waals surface area (Å²) in [7, 11) is -7.25. The van der Waals surface area contributed by atoms with Gasteiger partial charge in [0.25, 0.3) is 0 Å². The van der Waals surface area contributed by atoms with Crippen molar-refractivity contribution >= 4 is 31.4 Å². The van der Waals surface area contributed by atoms with E-state index in [-0.39, 0.29) is 29.6 Å². The molecule has 0 atom stereocenters. The summed E-state index contributed by atoms with van der Waals surface area (Å²) < 4.78 is 68.5. The summed E-state index contributed by atoms with van der Waals surface area (Å²) >= 11 is 0. The van der Waals surface area contributed by atoms with E-state index >= 15 is 0 Å². The zero-order chi connectivity index (χ0) is 22.2. The second kappa shape index (κ2) is 8.40. The Morgan fingerprint density at radius 3 is 2.32 bits per heavy atom. The van der Waals surface area contributed by atoms with Crippen LogP contribution < -0.4 is 9.21 Å². The van der Waals surface area contributed by atoms with Crippen LogP contribution in [0.15, 0.2) is 47.4 Å². The highest BCUT2D eigenvalue weighted by Crippen LogP contribution is 2.30. The predicted octanol–water partition coefficient (Wildman–Crippen LogP) is 2.58. The molecule has 2 aliphatic rings. The largest absolute Gasteiger partial charge is 0.367 e. The van der Waals surface area contributed by atoms with Crippen molar-refractivity contribution in [2.75, 3.05) is 47.7 Å². The van der Waals surface area contributed by atoms with Crippen LogP contribution in [0.3, 0.4) is 0 Å². The number of benzene rings is 2. The molecule has 0 spiro atoms. The second-order valence-electron chi connectivity index (χ2n) is 7.89. The molecule has 0 saturated carbocycles. The minimum absolute atomic E-state index is 0.0704. The monoisotopic (exact) mass is 467 g/mol. The lowest BCUT2D eigenvalue weighted by molar-refractivity contribution is 0.383. The van der Waals surface area contributed by atoms with Gasteiger partial charge in [-0.3, -0.25) is 4.31 Å². The molecule has 0 radical (unpaired) electrons. The number of hydrogen-bond donors (Lipinski definition) is 0. The highest BCUT2D eigenvalue weighted by atomic mass is 32.2. The normalized spacial score (nSPS) is 20.1. The van der Waals surface area contributed by atoms with Crippen molar-refractivity contribution in [3.8, 4) is 0 Å². The summed E-state index contributed by atoms with van der Waals surface area (Å²) in [5, 5.41) is 0. The van der Waals surface area contributed by atoms with Gasteiger partial charge in [0.2, 0.25) is 20.0 Å². The van der Waals surface area contributed by atoms with E-state index in [1.54, 1.807) is 37.3 Å². The summed E-state index contributed by atoms with van der Waals surface area (Å²) in [6.07, 6.45) is 1.36. The Hall–Kier alpha value is -2.17. The molecule has 0 N–H and O–H groups in total. The van der Waals surface area contributed by atoms with Crippen LogP contribution in [0.1, 0.15) is 18.4 Å². The molecule has 2 fully saturated rings. The third kappa shape index (κ3) is 4.28. The minimum atomic E-state index is -3.82. The van der Waals surface area contributed by atoms with Crippen molar-refractivity contribution < 1.29 is 21.2 Å². The highest BCUT2D eigenvalue weighted by molar-refractivity contribution is 7.92. The van der Waals surface area contributed by atoms with Crippen LogP contribution in [0, 0.1) is 12.7 Å². The van der Waals surface area contributed by atoms with Crippen LogP contribution in [-0.4, -0.2) is 59.6 Å². The zero-order valence-corrected chi connectivity index (χ0v) is 19.0. The van der Waals surface area contributed by atoms with Crippen LogP contribution in [0.2, 0.25) is 0 Å². The van der Waals surface area contributed by atoms with E-state index in [0.29, 0.717) is 43.0 Å². The quantitative estimate of drug-likeness (QED) is 0.691. The molecule has 0 aliphatic carbocycles. The number of halogens is 1. The molecule has 0 amide bonds. The van der Waals surface area contributed by atoms with E-state index in [9.17, 15) is 21.2 Å². The highest BCUT2D eigenvalue weighted by Gasteiger charge is 2.32. The SMILES string of the molecule is Cc1ccc(N2CCCCS2(=O)=O)cc1S(=O)(=O)N1CCN(c2ccccc2F)CC1. The van der Waals surface area contributed by atoms with Gasteiger partial charge in [-0.1, -0.05) is 18.2 Å². The number of nitrogens with zero attached hydrogens (tertiary/aromatic N) is 3. The first kappa shape index (κ1) is 22.0. The average molecular weight is 468 g/mol. The molecule has 31 heavy (non-hydrogen) atoms. The van der Waals surface area contributed by atoms with E-state index in [2.05, 4.69) is 0 Å². The van der Waals surface area contributed by atoms with Crippen LogP contribution in [-0.2, 0) is 20.0 Å². The number of aryl methyl sites for hydroxylation is 1. The maximum atomic E-state index is 14.1. The van der Waals surface area contributed by atoms with E-state index in [1.165, 1.54) is 20.7 Å². The molecule has 168 valence electrons. The van der Waals surface area contributed by atoms with Crippen molar-refractivity contribution in [1.29, 1.82) is 0 Å². The lowest BCUT2D eigenvalue weighted by Gasteiger charge is -2.36. The number of rotatable bonds is 4. The van der Waals surface area contributed by atoms with Crippen molar-refractivity contribution in [3.63, 3.8) is 0 Å². The fraction of sp³-hybridized carbons (Fsp3) is 0.429. The van der Waals surface area contributed by atoms with E-state index in [4.69, 9.17) is 0 Å². The Morgan fingerprint density at radius 2 is 1.65 bits per heavy atom. The fourth-order valence-corrected chi connectivity index (χ4v) is 7.42. The minimum Gasteiger partial charge on any atom is -0.367 e. The summed E-state index contributed by atoms with van der Waals surface area (Å²) in [6, 6.07) is 11.2. The topological polar surface area (TPSA) is 78.0 Å². The molecule has 7 nitrogen and oxygen atoms in total. The first-order chi connectivity index (χ1) is 14.7. The zero-order valence-electron chi connectivity index (χ0n) is 17.4. The predicted molar refractivity (Wildman–Crippen MR) is 119 cm³/mol. The second-order valence-corrected chi connectivity index (χ2v) is 11.8. The van der Waals surface area contributed by atoms with Gasteiger partial charge in [-0.05, 0) is 49.6 Å². The van der Waals surface area contributed by atoms with Gasteiger partial charge >= 0.3 is 0 Å². The molecule has 0 bridgehead atoms. The molecule has 2 saturated heterocycles. The molecule has 4 rings (SSSR count). The Bertz CT molecular complexity index is 1180. The molecule has 2 aromatic rings. The van der Waals surface area contributed by atoms with Crippen LogP contribution in [0.25, 0.3) is 0 Å². The number of anilines is 2. The summed E-state index contributed by atoms with van der Waals surface area (Å²) in [5.74, 6) is -0.258. The summed E-state index contributed by atoms with van der Waals surface area (Å²) in [4.78, 5) is 1.95. The first-order valence-electron chi connectivity index (χ1n) is 10.3. The summed E-state index contributed by atoms with van der Waals surface area (Å²) in [5.41, 5.74) is 1.41. The molecule has 2 aliphatic heterocycles. The molecule has 10 heteroatoms. The number of para-hydroxylation sites is 1. The Morgan fingerprint density at radius 1 is 0.935 bits per heavy atom. The van der Waals surface area contributed by atoms with Gasteiger partial charge in [0, 0.05) is 32.7 Å². The van der Waals surface area contributed by atoms with Crippen LogP contribution >= 0.6 is 0 Å².